The van der Waals surface area contributed by atoms with Crippen LogP contribution in [0.2, 0.25) is 0 Å². The van der Waals surface area contributed by atoms with Crippen LogP contribution in [0.15, 0.2) is 18.2 Å². The molecule has 1 aromatic rings. The van der Waals surface area contributed by atoms with Gasteiger partial charge in [0, 0.05) is 20.1 Å². The molecule has 0 aliphatic heterocycles. The highest BCUT2D eigenvalue weighted by atomic mass is 16.7. The first-order valence-electron chi connectivity index (χ1n) is 13.4. The number of aliphatic hydroxyl groups excluding tert-OH is 1. The predicted molar refractivity (Wildman–Crippen MR) is 148 cm³/mol. The Balaban J connectivity index is 3.14. The first-order valence-corrected chi connectivity index (χ1v) is 13.4. The van der Waals surface area contributed by atoms with Crippen molar-refractivity contribution in [3.8, 4) is 11.5 Å². The predicted octanol–water partition coefficient (Wildman–Crippen LogP) is 5.65. The van der Waals surface area contributed by atoms with Crippen molar-refractivity contribution in [2.24, 2.45) is 11.8 Å². The molecule has 10 nitrogen and oxygen atoms in total. The lowest BCUT2D eigenvalue weighted by Crippen LogP contribution is -2.44. The normalized spacial score (nSPS) is 14.3. The number of methoxy groups -OCH3 is 2. The van der Waals surface area contributed by atoms with Gasteiger partial charge in [0.05, 0.1) is 25.9 Å². The monoisotopic (exact) mass is 555 g/mol. The Labute approximate surface area is 233 Å². The van der Waals surface area contributed by atoms with Gasteiger partial charge in [0.2, 0.25) is 0 Å². The van der Waals surface area contributed by atoms with Crippen LogP contribution in [0, 0.1) is 11.8 Å². The molecule has 39 heavy (non-hydrogen) atoms. The molecule has 10 heteroatoms. The van der Waals surface area contributed by atoms with Gasteiger partial charge >= 0.3 is 12.2 Å². The zero-order valence-corrected chi connectivity index (χ0v) is 25.3. The Morgan fingerprint density at radius 2 is 1.59 bits per heavy atom. The molecule has 1 amide bonds. The molecule has 0 fully saturated rings. The molecule has 0 heterocycles. The number of ether oxygens (including phenoxy) is 6. The number of hydrogen-bond acceptors (Lipinski definition) is 9. The second-order valence-electron chi connectivity index (χ2n) is 11.8. The van der Waals surface area contributed by atoms with Gasteiger partial charge in [0.1, 0.15) is 17.8 Å². The molecule has 0 spiro atoms. The lowest BCUT2D eigenvalue weighted by atomic mass is 9.82. The molecule has 0 saturated heterocycles. The minimum Gasteiger partial charge on any atom is -0.493 e. The van der Waals surface area contributed by atoms with Gasteiger partial charge in [0.15, 0.2) is 11.5 Å². The maximum Gasteiger partial charge on any atom is 0.508 e. The number of aliphatic hydroxyl groups is 1. The molecule has 3 atom stereocenters. The average Bonchev–Trinajstić information content (AvgIpc) is 2.80. The molecule has 224 valence electrons. The zero-order valence-electron chi connectivity index (χ0n) is 25.3. The van der Waals surface area contributed by atoms with Crippen LogP contribution in [0.4, 0.5) is 9.59 Å². The summed E-state index contributed by atoms with van der Waals surface area (Å²) in [5, 5.41) is 14.2. The van der Waals surface area contributed by atoms with E-state index in [9.17, 15) is 14.7 Å². The lowest BCUT2D eigenvalue weighted by molar-refractivity contribution is -0.0156. The molecule has 1 unspecified atom stereocenters. The summed E-state index contributed by atoms with van der Waals surface area (Å²) in [5.41, 5.74) is -0.791. The van der Waals surface area contributed by atoms with Crippen molar-refractivity contribution >= 4 is 12.2 Å². The van der Waals surface area contributed by atoms with Gasteiger partial charge in [-0.1, -0.05) is 19.9 Å². The highest BCUT2D eigenvalue weighted by Crippen LogP contribution is 2.36. The zero-order chi connectivity index (χ0) is 29.8. The molecule has 0 saturated carbocycles. The second-order valence-corrected chi connectivity index (χ2v) is 11.8. The summed E-state index contributed by atoms with van der Waals surface area (Å²) in [4.78, 5) is 24.8. The highest BCUT2D eigenvalue weighted by Gasteiger charge is 2.31. The van der Waals surface area contributed by atoms with Crippen molar-refractivity contribution in [2.45, 2.75) is 91.6 Å². The van der Waals surface area contributed by atoms with Gasteiger partial charge in [-0.3, -0.25) is 0 Å². The Morgan fingerprint density at radius 3 is 2.13 bits per heavy atom. The van der Waals surface area contributed by atoms with Gasteiger partial charge in [0.25, 0.3) is 0 Å². The van der Waals surface area contributed by atoms with E-state index in [4.69, 9.17) is 28.4 Å². The summed E-state index contributed by atoms with van der Waals surface area (Å²) in [5.74, 6) is 0.767. The number of rotatable bonds is 14. The van der Waals surface area contributed by atoms with E-state index >= 15 is 0 Å². The van der Waals surface area contributed by atoms with Crippen molar-refractivity contribution in [1.29, 1.82) is 0 Å². The Hall–Kier alpha value is -2.72. The molecule has 2 N–H and O–H groups in total. The largest absolute Gasteiger partial charge is 0.508 e. The Morgan fingerprint density at radius 1 is 0.949 bits per heavy atom. The lowest BCUT2D eigenvalue weighted by Gasteiger charge is -2.31. The van der Waals surface area contributed by atoms with Crippen molar-refractivity contribution < 1.29 is 43.1 Å². The van der Waals surface area contributed by atoms with Crippen LogP contribution in [-0.2, 0) is 18.9 Å². The molecule has 0 bridgehead atoms. The Kier molecular flexibility index (Phi) is 13.9. The van der Waals surface area contributed by atoms with Gasteiger partial charge in [-0.15, -0.1) is 0 Å². The number of nitrogens with one attached hydrogen (secondary N) is 1. The molecular formula is C29H49NO9. The summed E-state index contributed by atoms with van der Waals surface area (Å²) in [7, 11) is 3.19. The number of hydrogen-bond donors (Lipinski definition) is 2. The van der Waals surface area contributed by atoms with Crippen LogP contribution in [0.25, 0.3) is 0 Å². The van der Waals surface area contributed by atoms with E-state index in [-0.39, 0.29) is 18.4 Å². The van der Waals surface area contributed by atoms with E-state index in [1.807, 2.05) is 13.8 Å². The average molecular weight is 556 g/mol. The Bertz CT molecular complexity index is 890. The smallest absolute Gasteiger partial charge is 0.493 e. The molecule has 0 aliphatic carbocycles. The van der Waals surface area contributed by atoms with Crippen molar-refractivity contribution in [1.82, 2.24) is 5.32 Å². The maximum absolute atomic E-state index is 12.6. The summed E-state index contributed by atoms with van der Waals surface area (Å²) < 4.78 is 32.4. The standard InChI is InChI=1S/C29H49NO9/c1-19(2)22(25(31)20-12-13-23(35-10)24(16-20)36-15-11-14-34-9)17-21(30-26(32)38-28(3,4)5)18-37-27(33)39-29(6,7)8/h12-13,16,19,21-22,25,31H,11,14-15,17-18H2,1-10H3,(H,30,32)/t21-,22-,25?/m0/s1. The van der Waals surface area contributed by atoms with Crippen molar-refractivity contribution in [3.63, 3.8) is 0 Å². The number of amides is 1. The highest BCUT2D eigenvalue weighted by molar-refractivity contribution is 5.68. The third-order valence-electron chi connectivity index (χ3n) is 5.61. The fourth-order valence-corrected chi connectivity index (χ4v) is 3.81. The first-order chi connectivity index (χ1) is 18.1. The molecule has 0 aliphatic rings. The van der Waals surface area contributed by atoms with Gasteiger partial charge < -0.3 is 38.8 Å². The van der Waals surface area contributed by atoms with E-state index in [0.717, 1.165) is 0 Å². The quantitative estimate of drug-likeness (QED) is 0.221. The van der Waals surface area contributed by atoms with Crippen molar-refractivity contribution in [3.05, 3.63) is 23.8 Å². The van der Waals surface area contributed by atoms with Crippen LogP contribution in [0.3, 0.4) is 0 Å². The number of carbonyl (C=O) groups is 2. The van der Waals surface area contributed by atoms with E-state index in [0.29, 0.717) is 43.1 Å². The van der Waals surface area contributed by atoms with E-state index in [2.05, 4.69) is 5.32 Å². The number of benzene rings is 1. The number of alkyl carbamates (subject to hydrolysis) is 1. The van der Waals surface area contributed by atoms with Crippen molar-refractivity contribution in [2.75, 3.05) is 34.0 Å². The van der Waals surface area contributed by atoms with Crippen LogP contribution in [-0.4, -0.2) is 68.6 Å². The second kappa shape index (κ2) is 15.8. The van der Waals surface area contributed by atoms with E-state index in [1.165, 1.54) is 0 Å². The van der Waals surface area contributed by atoms with Crippen LogP contribution < -0.4 is 14.8 Å². The molecule has 0 radical (unpaired) electrons. The molecule has 1 aromatic carbocycles. The molecular weight excluding hydrogens is 506 g/mol. The third kappa shape index (κ3) is 13.8. The van der Waals surface area contributed by atoms with E-state index in [1.54, 1.807) is 74.0 Å². The summed E-state index contributed by atoms with van der Waals surface area (Å²) >= 11 is 0. The summed E-state index contributed by atoms with van der Waals surface area (Å²) in [6.45, 7) is 15.3. The third-order valence-corrected chi connectivity index (χ3v) is 5.61. The summed E-state index contributed by atoms with van der Waals surface area (Å²) in [6, 6.07) is 4.66. The topological polar surface area (TPSA) is 122 Å². The van der Waals surface area contributed by atoms with Crippen LogP contribution in [0.5, 0.6) is 11.5 Å². The fraction of sp³-hybridized carbons (Fsp3) is 0.724. The maximum atomic E-state index is 12.6. The number of carbonyl (C=O) groups excluding carboxylic acids is 2. The molecule has 0 aromatic heterocycles. The SMILES string of the molecule is COCCCOc1cc(C(O)[C@@H](C[C@@H](COC(=O)OC(C)(C)C)NC(=O)OC(C)(C)C)C(C)C)ccc1OC. The van der Waals surface area contributed by atoms with Gasteiger partial charge in [-0.05, 0) is 77.5 Å². The van der Waals surface area contributed by atoms with Gasteiger partial charge in [-0.2, -0.15) is 0 Å². The van der Waals surface area contributed by atoms with Gasteiger partial charge in [-0.25, -0.2) is 9.59 Å². The first kappa shape index (κ1) is 34.3. The minimum atomic E-state index is -0.901. The molecule has 1 rings (SSSR count). The summed E-state index contributed by atoms with van der Waals surface area (Å²) in [6.07, 6.45) is -1.38. The van der Waals surface area contributed by atoms with E-state index < -0.39 is 35.6 Å². The van der Waals surface area contributed by atoms with Crippen LogP contribution >= 0.6 is 0 Å². The minimum absolute atomic E-state index is 0.0117. The fourth-order valence-electron chi connectivity index (χ4n) is 3.81. The van der Waals surface area contributed by atoms with Crippen LogP contribution in [0.1, 0.15) is 79.9 Å².